The van der Waals surface area contributed by atoms with Crippen molar-refractivity contribution >= 4 is 23.0 Å². The number of hydrogen-bond donors (Lipinski definition) is 3. The van der Waals surface area contributed by atoms with Gasteiger partial charge in [-0.05, 0) is 108 Å². The summed E-state index contributed by atoms with van der Waals surface area (Å²) in [5.41, 5.74) is 3.05. The Hall–Kier alpha value is -4.70. The van der Waals surface area contributed by atoms with Crippen LogP contribution in [0.15, 0.2) is 85.7 Å². The second-order valence-corrected chi connectivity index (χ2v) is 13.5. The van der Waals surface area contributed by atoms with Crippen LogP contribution in [0.25, 0.3) is 0 Å². The maximum Gasteiger partial charge on any atom is 0.274 e. The van der Waals surface area contributed by atoms with E-state index in [1.54, 1.807) is 12.3 Å². The van der Waals surface area contributed by atoms with Crippen LogP contribution in [-0.2, 0) is 11.3 Å². The molecule has 2 aliphatic heterocycles. The van der Waals surface area contributed by atoms with Gasteiger partial charge in [0, 0.05) is 31.0 Å². The van der Waals surface area contributed by atoms with Crippen LogP contribution < -0.4 is 25.4 Å². The standard InChI is InChI=1S/C38H50N6O4/c1-27-16-20-43(21-17-27)18-9-19-44(28(2)40-31-13-15-35-36(24-31)47-23-22-46-35)26-30-12-14-34(39-25-30)37(45)42-33-11-8-7-10-32(33)41-29(3)48-38(4,5)6/h7-8,10-15,24-25,27,40-41H,2-3,9,16-23,26H2,1,4-6H3,(H,42,45). The quantitative estimate of drug-likeness (QED) is 0.155. The highest BCUT2D eigenvalue weighted by Gasteiger charge is 2.19. The number of para-hydroxylation sites is 2. The summed E-state index contributed by atoms with van der Waals surface area (Å²) in [5, 5.41) is 9.59. The molecule has 0 atom stereocenters. The third-order valence-corrected chi connectivity index (χ3v) is 8.30. The van der Waals surface area contributed by atoms with E-state index in [1.165, 1.54) is 12.8 Å². The van der Waals surface area contributed by atoms with E-state index in [0.717, 1.165) is 67.1 Å². The molecule has 0 saturated carbocycles. The zero-order chi connectivity index (χ0) is 34.1. The van der Waals surface area contributed by atoms with Gasteiger partial charge in [0.1, 0.15) is 24.5 Å². The van der Waals surface area contributed by atoms with Crippen LogP contribution in [0.5, 0.6) is 11.5 Å². The number of nitrogens with zero attached hydrogens (tertiary/aromatic N) is 3. The number of carbonyl (C=O) groups is 1. The number of rotatable bonds is 14. The Morgan fingerprint density at radius 3 is 2.38 bits per heavy atom. The predicted molar refractivity (Wildman–Crippen MR) is 192 cm³/mol. The van der Waals surface area contributed by atoms with Gasteiger partial charge in [0.05, 0.1) is 17.2 Å². The highest BCUT2D eigenvalue weighted by atomic mass is 16.6. The van der Waals surface area contributed by atoms with Crippen molar-refractivity contribution in [2.45, 2.75) is 59.1 Å². The molecule has 0 unspecified atom stereocenters. The molecule has 2 aliphatic rings. The van der Waals surface area contributed by atoms with E-state index in [9.17, 15) is 4.79 Å². The van der Waals surface area contributed by atoms with Crippen molar-refractivity contribution in [3.05, 3.63) is 96.9 Å². The van der Waals surface area contributed by atoms with E-state index >= 15 is 0 Å². The van der Waals surface area contributed by atoms with Gasteiger partial charge in [-0.2, -0.15) is 0 Å². The van der Waals surface area contributed by atoms with Crippen LogP contribution in [0.3, 0.4) is 0 Å². The molecule has 1 amide bonds. The molecule has 1 fully saturated rings. The van der Waals surface area contributed by atoms with Crippen molar-refractivity contribution in [2.75, 3.05) is 55.3 Å². The van der Waals surface area contributed by atoms with E-state index < -0.39 is 5.60 Å². The molecule has 2 aromatic carbocycles. The van der Waals surface area contributed by atoms with Gasteiger partial charge in [0.2, 0.25) is 0 Å². The molecule has 5 rings (SSSR count). The minimum Gasteiger partial charge on any atom is -0.486 e. The Kier molecular flexibility index (Phi) is 11.5. The average Bonchev–Trinajstić information content (AvgIpc) is 3.05. The van der Waals surface area contributed by atoms with Crippen LogP contribution in [0.2, 0.25) is 0 Å². The normalized spacial score (nSPS) is 14.9. The number of nitrogens with one attached hydrogen (secondary N) is 3. The molecule has 1 aromatic heterocycles. The van der Waals surface area contributed by atoms with Gasteiger partial charge in [-0.3, -0.25) is 9.78 Å². The third kappa shape index (κ3) is 10.1. The fourth-order valence-electron chi connectivity index (χ4n) is 5.75. The predicted octanol–water partition coefficient (Wildman–Crippen LogP) is 7.31. The largest absolute Gasteiger partial charge is 0.486 e. The molecule has 3 heterocycles. The van der Waals surface area contributed by atoms with Crippen molar-refractivity contribution < 1.29 is 19.0 Å². The number of amides is 1. The molecule has 10 heteroatoms. The molecule has 10 nitrogen and oxygen atoms in total. The number of benzene rings is 2. The first-order valence-electron chi connectivity index (χ1n) is 16.9. The molecule has 1 saturated heterocycles. The Balaban J connectivity index is 1.23. The zero-order valence-electron chi connectivity index (χ0n) is 28.8. The lowest BCUT2D eigenvalue weighted by Crippen LogP contribution is -2.35. The third-order valence-electron chi connectivity index (χ3n) is 8.30. The van der Waals surface area contributed by atoms with Gasteiger partial charge in [-0.1, -0.05) is 31.7 Å². The SMILES string of the molecule is C=C(Nc1ccccc1NC(=O)c1ccc(CN(CCCN2CCC(C)CC2)C(=C)Nc2ccc3c(c2)OCCO3)cn1)OC(C)(C)C. The van der Waals surface area contributed by atoms with Crippen LogP contribution in [0.1, 0.15) is 63.0 Å². The number of anilines is 3. The maximum absolute atomic E-state index is 13.2. The van der Waals surface area contributed by atoms with Crippen LogP contribution in [0, 0.1) is 5.92 Å². The van der Waals surface area contributed by atoms with Crippen molar-refractivity contribution in [3.63, 3.8) is 0 Å². The van der Waals surface area contributed by atoms with Crippen LogP contribution in [0.4, 0.5) is 17.1 Å². The molecule has 256 valence electrons. The second-order valence-electron chi connectivity index (χ2n) is 13.5. The van der Waals surface area contributed by atoms with Gasteiger partial charge in [-0.25, -0.2) is 0 Å². The minimum atomic E-state index is -0.399. The number of fused-ring (bicyclic) bond motifs is 1. The summed E-state index contributed by atoms with van der Waals surface area (Å²) in [6, 6.07) is 17.0. The fourth-order valence-corrected chi connectivity index (χ4v) is 5.75. The molecule has 0 aliphatic carbocycles. The van der Waals surface area contributed by atoms with E-state index in [4.69, 9.17) is 14.2 Å². The summed E-state index contributed by atoms with van der Waals surface area (Å²) in [6.07, 6.45) is 5.28. The van der Waals surface area contributed by atoms with Gasteiger partial charge in [0.25, 0.3) is 5.91 Å². The molecular weight excluding hydrogens is 604 g/mol. The first kappa shape index (κ1) is 34.6. The average molecular weight is 655 g/mol. The van der Waals surface area contributed by atoms with Gasteiger partial charge >= 0.3 is 0 Å². The number of carbonyl (C=O) groups excluding carboxylic acids is 1. The first-order chi connectivity index (χ1) is 23.0. The lowest BCUT2D eigenvalue weighted by Gasteiger charge is -2.32. The van der Waals surface area contributed by atoms with Gasteiger partial charge in [0.15, 0.2) is 17.4 Å². The molecule has 3 N–H and O–H groups in total. The molecule has 0 bridgehead atoms. The Bertz CT molecular complexity index is 1560. The lowest BCUT2D eigenvalue weighted by molar-refractivity contribution is 0.0565. The Morgan fingerprint density at radius 1 is 0.979 bits per heavy atom. The number of ether oxygens (including phenoxy) is 3. The molecule has 48 heavy (non-hydrogen) atoms. The molecule has 0 radical (unpaired) electrons. The highest BCUT2D eigenvalue weighted by molar-refractivity contribution is 6.04. The van der Waals surface area contributed by atoms with Crippen molar-refractivity contribution in [1.82, 2.24) is 14.8 Å². The van der Waals surface area contributed by atoms with Gasteiger partial charge in [-0.15, -0.1) is 0 Å². The second kappa shape index (κ2) is 15.9. The molecular formula is C38H50N6O4. The van der Waals surface area contributed by atoms with E-state index in [-0.39, 0.29) is 5.91 Å². The first-order valence-corrected chi connectivity index (χ1v) is 16.9. The number of piperidine rings is 1. The van der Waals surface area contributed by atoms with E-state index in [2.05, 4.69) is 50.8 Å². The zero-order valence-corrected chi connectivity index (χ0v) is 28.8. The van der Waals surface area contributed by atoms with Crippen molar-refractivity contribution in [3.8, 4) is 11.5 Å². The highest BCUT2D eigenvalue weighted by Crippen LogP contribution is 2.33. The van der Waals surface area contributed by atoms with Crippen LogP contribution in [-0.4, -0.2) is 65.7 Å². The van der Waals surface area contributed by atoms with Crippen molar-refractivity contribution in [2.24, 2.45) is 5.92 Å². The molecule has 0 spiro atoms. The topological polar surface area (TPSA) is 100 Å². The summed E-state index contributed by atoms with van der Waals surface area (Å²) in [7, 11) is 0. The fraction of sp³-hybridized carbons (Fsp3) is 0.421. The van der Waals surface area contributed by atoms with Crippen LogP contribution >= 0.6 is 0 Å². The summed E-state index contributed by atoms with van der Waals surface area (Å²) < 4.78 is 17.3. The summed E-state index contributed by atoms with van der Waals surface area (Å²) in [4.78, 5) is 22.5. The number of pyridine rings is 1. The smallest absolute Gasteiger partial charge is 0.274 e. The number of aromatic nitrogens is 1. The van der Waals surface area contributed by atoms with E-state index in [0.29, 0.717) is 42.7 Å². The minimum absolute atomic E-state index is 0.310. The van der Waals surface area contributed by atoms with Gasteiger partial charge < -0.3 is 40.0 Å². The maximum atomic E-state index is 13.2. The summed E-state index contributed by atoms with van der Waals surface area (Å²) in [6.45, 7) is 22.4. The summed E-state index contributed by atoms with van der Waals surface area (Å²) in [5.74, 6) is 3.15. The number of hydrogen-bond acceptors (Lipinski definition) is 9. The molecule has 3 aromatic rings. The van der Waals surface area contributed by atoms with Crippen molar-refractivity contribution in [1.29, 1.82) is 0 Å². The Labute approximate surface area is 285 Å². The lowest BCUT2D eigenvalue weighted by atomic mass is 9.99. The van der Waals surface area contributed by atoms with E-state index in [1.807, 2.05) is 69.3 Å². The Morgan fingerprint density at radius 2 is 1.69 bits per heavy atom. The summed E-state index contributed by atoms with van der Waals surface area (Å²) >= 11 is 0. The number of likely N-dealkylation sites (tertiary alicyclic amines) is 1. The monoisotopic (exact) mass is 654 g/mol.